The maximum Gasteiger partial charge on any atom is 0.214 e. The summed E-state index contributed by atoms with van der Waals surface area (Å²) >= 11 is 0. The first kappa shape index (κ1) is 16.2. The zero-order valence-electron chi connectivity index (χ0n) is 14.7. The van der Waals surface area contributed by atoms with E-state index in [4.69, 9.17) is 0 Å². The van der Waals surface area contributed by atoms with Crippen LogP contribution in [0.4, 0.5) is 0 Å². The van der Waals surface area contributed by atoms with Crippen molar-refractivity contribution in [2.24, 2.45) is 11.8 Å². The molecule has 5 rings (SSSR count). The fourth-order valence-corrected chi connectivity index (χ4v) is 6.04. The molecule has 0 bridgehead atoms. The van der Waals surface area contributed by atoms with Crippen LogP contribution in [0.2, 0.25) is 0 Å². The maximum atomic E-state index is 12.8. The third-order valence-corrected chi connectivity index (χ3v) is 7.74. The van der Waals surface area contributed by atoms with Gasteiger partial charge in [-0.25, -0.2) is 17.7 Å². The topological polar surface area (TPSA) is 96.2 Å². The van der Waals surface area contributed by atoms with E-state index in [0.717, 1.165) is 36.3 Å². The molecular weight excluding hydrogens is 352 g/mol. The predicted octanol–water partition coefficient (Wildman–Crippen LogP) is 1.77. The Morgan fingerprint density at radius 3 is 2.88 bits per heavy atom. The van der Waals surface area contributed by atoms with Crippen molar-refractivity contribution in [2.75, 3.05) is 18.8 Å². The van der Waals surface area contributed by atoms with Crippen LogP contribution in [0.15, 0.2) is 18.5 Å². The van der Waals surface area contributed by atoms with Crippen LogP contribution in [0.1, 0.15) is 37.9 Å². The van der Waals surface area contributed by atoms with Gasteiger partial charge in [-0.2, -0.15) is 0 Å². The van der Waals surface area contributed by atoms with Crippen molar-refractivity contribution in [1.82, 2.24) is 28.9 Å². The molecule has 1 aliphatic heterocycles. The monoisotopic (exact) mass is 374 g/mol. The summed E-state index contributed by atoms with van der Waals surface area (Å²) in [6.45, 7) is 3.18. The zero-order valence-corrected chi connectivity index (χ0v) is 15.5. The molecule has 138 valence electrons. The Hall–Kier alpha value is -2.00. The standard InChI is InChI=1S/C17H22N6O2S/c1-2-12-8-22(26(24,25)10-11-3-4-11)9-13(12)17-21-20-15-7-19-16-14(23(15)17)5-6-18-16/h5-7,11-13,18H,2-4,8-10H2,1H3. The molecule has 9 heteroatoms. The summed E-state index contributed by atoms with van der Waals surface area (Å²) < 4.78 is 29.2. The molecule has 1 aliphatic carbocycles. The van der Waals surface area contributed by atoms with Crippen LogP contribution in [0.25, 0.3) is 16.8 Å². The summed E-state index contributed by atoms with van der Waals surface area (Å²) in [5.41, 5.74) is 2.40. The van der Waals surface area contributed by atoms with Crippen LogP contribution in [0, 0.1) is 11.8 Å². The number of aromatic amines is 1. The minimum atomic E-state index is -3.19. The van der Waals surface area contributed by atoms with Crippen molar-refractivity contribution in [3.05, 3.63) is 24.3 Å². The first-order valence-electron chi connectivity index (χ1n) is 9.21. The normalized spacial score (nSPS) is 24.8. The van der Waals surface area contributed by atoms with Crippen LogP contribution in [0.3, 0.4) is 0 Å². The molecule has 1 saturated heterocycles. The van der Waals surface area contributed by atoms with E-state index < -0.39 is 10.0 Å². The molecule has 0 spiro atoms. The third kappa shape index (κ3) is 2.52. The van der Waals surface area contributed by atoms with Gasteiger partial charge in [0.2, 0.25) is 10.0 Å². The van der Waals surface area contributed by atoms with Gasteiger partial charge in [0.05, 0.1) is 17.5 Å². The number of H-pyrrole nitrogens is 1. The predicted molar refractivity (Wildman–Crippen MR) is 97.2 cm³/mol. The summed E-state index contributed by atoms with van der Waals surface area (Å²) in [4.78, 5) is 7.47. The molecule has 26 heavy (non-hydrogen) atoms. The molecule has 3 aromatic rings. The molecule has 1 N–H and O–H groups in total. The van der Waals surface area contributed by atoms with Crippen molar-refractivity contribution < 1.29 is 8.42 Å². The molecule has 2 atom stereocenters. The number of fused-ring (bicyclic) bond motifs is 3. The Balaban J connectivity index is 1.54. The fourth-order valence-electron chi connectivity index (χ4n) is 4.09. The molecule has 0 aromatic carbocycles. The Bertz CT molecular complexity index is 1070. The Morgan fingerprint density at radius 2 is 2.12 bits per heavy atom. The lowest BCUT2D eigenvalue weighted by atomic mass is 9.93. The van der Waals surface area contributed by atoms with E-state index in [1.165, 1.54) is 0 Å². The Labute approximate surface area is 151 Å². The number of hydrogen-bond acceptors (Lipinski definition) is 5. The Morgan fingerprint density at radius 1 is 1.27 bits per heavy atom. The van der Waals surface area contributed by atoms with Gasteiger partial charge in [-0.1, -0.05) is 13.3 Å². The maximum absolute atomic E-state index is 12.8. The number of sulfonamides is 1. The fraction of sp³-hybridized carbons (Fsp3) is 0.588. The van der Waals surface area contributed by atoms with Gasteiger partial charge in [0, 0.05) is 25.2 Å². The quantitative estimate of drug-likeness (QED) is 0.734. The van der Waals surface area contributed by atoms with Crippen molar-refractivity contribution in [1.29, 1.82) is 0 Å². The van der Waals surface area contributed by atoms with Gasteiger partial charge in [0.15, 0.2) is 11.3 Å². The summed E-state index contributed by atoms with van der Waals surface area (Å²) in [6, 6.07) is 1.96. The number of rotatable bonds is 5. The van der Waals surface area contributed by atoms with Gasteiger partial charge in [0.25, 0.3) is 0 Å². The van der Waals surface area contributed by atoms with Crippen LogP contribution in [-0.4, -0.2) is 56.1 Å². The number of nitrogens with one attached hydrogen (secondary N) is 1. The van der Waals surface area contributed by atoms with E-state index >= 15 is 0 Å². The van der Waals surface area contributed by atoms with E-state index in [-0.39, 0.29) is 11.8 Å². The number of nitrogens with zero attached hydrogens (tertiary/aromatic N) is 5. The second-order valence-electron chi connectivity index (χ2n) is 7.54. The van der Waals surface area contributed by atoms with Crippen molar-refractivity contribution in [2.45, 2.75) is 32.1 Å². The minimum absolute atomic E-state index is 0.0458. The first-order valence-corrected chi connectivity index (χ1v) is 10.8. The molecule has 0 amide bonds. The first-order chi connectivity index (χ1) is 12.6. The van der Waals surface area contributed by atoms with Gasteiger partial charge in [-0.05, 0) is 30.7 Å². The zero-order chi connectivity index (χ0) is 17.9. The van der Waals surface area contributed by atoms with Gasteiger partial charge in [-0.15, -0.1) is 10.2 Å². The molecule has 1 saturated carbocycles. The second-order valence-corrected chi connectivity index (χ2v) is 9.55. The SMILES string of the molecule is CCC1CN(S(=O)(=O)CC2CC2)CC1c1nnc2cnc3[nH]ccc3n12. The van der Waals surface area contributed by atoms with Crippen molar-refractivity contribution in [3.63, 3.8) is 0 Å². The highest BCUT2D eigenvalue weighted by Crippen LogP contribution is 2.38. The summed E-state index contributed by atoms with van der Waals surface area (Å²) in [5.74, 6) is 1.78. The average molecular weight is 374 g/mol. The van der Waals surface area contributed by atoms with E-state index in [2.05, 4.69) is 27.1 Å². The molecule has 8 nitrogen and oxygen atoms in total. The van der Waals surface area contributed by atoms with Crippen LogP contribution >= 0.6 is 0 Å². The lowest BCUT2D eigenvalue weighted by Crippen LogP contribution is -2.32. The highest BCUT2D eigenvalue weighted by Gasteiger charge is 2.42. The smallest absolute Gasteiger partial charge is 0.214 e. The molecule has 2 aliphatic rings. The van der Waals surface area contributed by atoms with E-state index in [9.17, 15) is 8.42 Å². The molecule has 0 radical (unpaired) electrons. The van der Waals surface area contributed by atoms with E-state index in [1.54, 1.807) is 10.5 Å². The largest absolute Gasteiger partial charge is 0.345 e. The van der Waals surface area contributed by atoms with E-state index in [0.29, 0.717) is 30.4 Å². The minimum Gasteiger partial charge on any atom is -0.345 e. The average Bonchev–Trinajstić information content (AvgIpc) is 3.07. The molecular formula is C17H22N6O2S. The summed E-state index contributed by atoms with van der Waals surface area (Å²) in [6.07, 6.45) is 6.55. The Kier molecular flexibility index (Phi) is 3.58. The van der Waals surface area contributed by atoms with E-state index in [1.807, 2.05) is 16.7 Å². The summed E-state index contributed by atoms with van der Waals surface area (Å²) in [5, 5.41) is 8.71. The molecule has 4 heterocycles. The van der Waals surface area contributed by atoms with Crippen molar-refractivity contribution in [3.8, 4) is 0 Å². The van der Waals surface area contributed by atoms with Crippen LogP contribution in [0.5, 0.6) is 0 Å². The van der Waals surface area contributed by atoms with Crippen LogP contribution < -0.4 is 0 Å². The van der Waals surface area contributed by atoms with Crippen molar-refractivity contribution >= 4 is 26.8 Å². The third-order valence-electron chi connectivity index (χ3n) is 5.77. The summed E-state index contributed by atoms with van der Waals surface area (Å²) in [7, 11) is -3.19. The highest BCUT2D eigenvalue weighted by molar-refractivity contribution is 7.89. The van der Waals surface area contributed by atoms with Gasteiger partial charge >= 0.3 is 0 Å². The van der Waals surface area contributed by atoms with Gasteiger partial charge < -0.3 is 4.98 Å². The van der Waals surface area contributed by atoms with Gasteiger partial charge in [-0.3, -0.25) is 4.40 Å². The number of hydrogen-bond donors (Lipinski definition) is 1. The molecule has 2 fully saturated rings. The van der Waals surface area contributed by atoms with Crippen LogP contribution in [-0.2, 0) is 10.0 Å². The lowest BCUT2D eigenvalue weighted by Gasteiger charge is -2.16. The number of aromatic nitrogens is 5. The second kappa shape index (κ2) is 5.75. The lowest BCUT2D eigenvalue weighted by molar-refractivity contribution is 0.448. The van der Waals surface area contributed by atoms with Gasteiger partial charge in [0.1, 0.15) is 5.82 Å². The molecule has 3 aromatic heterocycles. The molecule has 2 unspecified atom stereocenters. The highest BCUT2D eigenvalue weighted by atomic mass is 32.2.